The molecule has 1 amide bonds. The Bertz CT molecular complexity index is 886. The highest BCUT2D eigenvalue weighted by molar-refractivity contribution is 5.91. The quantitative estimate of drug-likeness (QED) is 0.682. The second kappa shape index (κ2) is 8.22. The van der Waals surface area contributed by atoms with E-state index in [4.69, 9.17) is 5.11 Å². The Kier molecular flexibility index (Phi) is 5.54. The van der Waals surface area contributed by atoms with Crippen molar-refractivity contribution in [3.05, 3.63) is 83.6 Å². The fourth-order valence-corrected chi connectivity index (χ4v) is 2.54. The average Bonchev–Trinajstić information content (AvgIpc) is 2.67. The van der Waals surface area contributed by atoms with E-state index in [9.17, 15) is 4.79 Å². The van der Waals surface area contributed by atoms with E-state index in [1.54, 1.807) is 6.08 Å². The molecule has 3 rings (SSSR count). The van der Waals surface area contributed by atoms with Gasteiger partial charge in [-0.05, 0) is 35.8 Å². The van der Waals surface area contributed by atoms with E-state index in [0.717, 1.165) is 34.1 Å². The minimum atomic E-state index is -0.137. The lowest BCUT2D eigenvalue weighted by atomic mass is 10.1. The van der Waals surface area contributed by atoms with Crippen molar-refractivity contribution in [3.63, 3.8) is 0 Å². The van der Waals surface area contributed by atoms with E-state index < -0.39 is 0 Å². The van der Waals surface area contributed by atoms with E-state index in [0.29, 0.717) is 6.54 Å². The van der Waals surface area contributed by atoms with Gasteiger partial charge in [0.15, 0.2) is 0 Å². The number of hydrogen-bond acceptors (Lipinski definition) is 3. The molecule has 0 saturated heterocycles. The summed E-state index contributed by atoms with van der Waals surface area (Å²) < 4.78 is 0. The Morgan fingerprint density at radius 3 is 2.56 bits per heavy atom. The van der Waals surface area contributed by atoms with Gasteiger partial charge in [0.2, 0.25) is 5.91 Å². The third-order valence-electron chi connectivity index (χ3n) is 3.94. The first kappa shape index (κ1) is 16.9. The number of pyridine rings is 1. The molecule has 0 spiro atoms. The number of aliphatic hydroxyl groups is 1. The van der Waals surface area contributed by atoms with Gasteiger partial charge in [-0.3, -0.25) is 4.79 Å². The van der Waals surface area contributed by atoms with Gasteiger partial charge in [0, 0.05) is 18.0 Å². The number of aromatic nitrogens is 1. The van der Waals surface area contributed by atoms with E-state index in [1.807, 2.05) is 60.7 Å². The maximum Gasteiger partial charge on any atom is 0.244 e. The number of para-hydroxylation sites is 1. The molecule has 0 aliphatic rings. The summed E-state index contributed by atoms with van der Waals surface area (Å²) in [7, 11) is 0. The summed E-state index contributed by atoms with van der Waals surface area (Å²) in [5.74, 6) is -0.137. The number of hydrogen-bond donors (Lipinski definition) is 2. The fourth-order valence-electron chi connectivity index (χ4n) is 2.54. The molecule has 0 aliphatic heterocycles. The van der Waals surface area contributed by atoms with Gasteiger partial charge in [-0.2, -0.15) is 0 Å². The van der Waals surface area contributed by atoms with Gasteiger partial charge in [0.1, 0.15) is 0 Å². The number of nitrogens with zero attached hydrogens (tertiary/aromatic N) is 1. The van der Waals surface area contributed by atoms with Crippen molar-refractivity contribution in [3.8, 4) is 0 Å². The molecule has 25 heavy (non-hydrogen) atoms. The smallest absolute Gasteiger partial charge is 0.244 e. The summed E-state index contributed by atoms with van der Waals surface area (Å²) >= 11 is 0. The predicted molar refractivity (Wildman–Crippen MR) is 99.9 cm³/mol. The molecular formula is C21H20N2O2. The van der Waals surface area contributed by atoms with E-state index in [-0.39, 0.29) is 12.5 Å². The molecule has 4 nitrogen and oxygen atoms in total. The molecule has 0 radical (unpaired) electrons. The van der Waals surface area contributed by atoms with Crippen LogP contribution < -0.4 is 5.32 Å². The third-order valence-corrected chi connectivity index (χ3v) is 3.94. The Morgan fingerprint density at radius 2 is 1.76 bits per heavy atom. The molecular weight excluding hydrogens is 312 g/mol. The maximum atomic E-state index is 11.9. The number of carbonyl (C=O) groups excluding carboxylic acids is 1. The number of nitrogens with one attached hydrogen (secondary N) is 1. The monoisotopic (exact) mass is 332 g/mol. The zero-order valence-corrected chi connectivity index (χ0v) is 13.9. The molecule has 4 heteroatoms. The summed E-state index contributed by atoms with van der Waals surface area (Å²) in [5, 5.41) is 13.0. The number of amides is 1. The van der Waals surface area contributed by atoms with Crippen LogP contribution in [0.1, 0.15) is 16.8 Å². The van der Waals surface area contributed by atoms with Gasteiger partial charge >= 0.3 is 0 Å². The van der Waals surface area contributed by atoms with Crippen molar-refractivity contribution in [1.29, 1.82) is 0 Å². The van der Waals surface area contributed by atoms with Crippen LogP contribution in [0, 0.1) is 0 Å². The molecule has 0 atom stereocenters. The molecule has 0 saturated carbocycles. The second-order valence-electron chi connectivity index (χ2n) is 5.78. The number of benzene rings is 2. The topological polar surface area (TPSA) is 62.2 Å². The maximum absolute atomic E-state index is 11.9. The zero-order chi connectivity index (χ0) is 17.5. The molecule has 0 unspecified atom stereocenters. The van der Waals surface area contributed by atoms with Gasteiger partial charge in [-0.15, -0.1) is 0 Å². The highest BCUT2D eigenvalue weighted by Crippen LogP contribution is 2.12. The SMILES string of the molecule is O=C(/C=C/c1ccc2ccccc2n1)NCCc1ccc(CO)cc1. The van der Waals surface area contributed by atoms with Crippen LogP contribution in [-0.2, 0) is 17.8 Å². The van der Waals surface area contributed by atoms with Crippen molar-refractivity contribution in [2.24, 2.45) is 0 Å². The molecule has 0 fully saturated rings. The van der Waals surface area contributed by atoms with Crippen LogP contribution in [-0.4, -0.2) is 22.5 Å². The summed E-state index contributed by atoms with van der Waals surface area (Å²) in [6, 6.07) is 19.5. The van der Waals surface area contributed by atoms with Gasteiger partial charge in [0.05, 0.1) is 17.8 Å². The first-order valence-corrected chi connectivity index (χ1v) is 8.25. The largest absolute Gasteiger partial charge is 0.392 e. The van der Waals surface area contributed by atoms with Crippen LogP contribution in [0.2, 0.25) is 0 Å². The van der Waals surface area contributed by atoms with Gasteiger partial charge in [0.25, 0.3) is 0 Å². The average molecular weight is 332 g/mol. The van der Waals surface area contributed by atoms with Crippen molar-refractivity contribution < 1.29 is 9.90 Å². The second-order valence-corrected chi connectivity index (χ2v) is 5.78. The Morgan fingerprint density at radius 1 is 1.00 bits per heavy atom. The van der Waals surface area contributed by atoms with Crippen LogP contribution in [0.3, 0.4) is 0 Å². The van der Waals surface area contributed by atoms with E-state index in [1.165, 1.54) is 6.08 Å². The first-order valence-electron chi connectivity index (χ1n) is 8.25. The van der Waals surface area contributed by atoms with Crippen molar-refractivity contribution in [1.82, 2.24) is 10.3 Å². The fraction of sp³-hybridized carbons (Fsp3) is 0.143. The Hall–Kier alpha value is -2.98. The van der Waals surface area contributed by atoms with Crippen molar-refractivity contribution in [2.45, 2.75) is 13.0 Å². The zero-order valence-electron chi connectivity index (χ0n) is 13.9. The van der Waals surface area contributed by atoms with Crippen molar-refractivity contribution in [2.75, 3.05) is 6.54 Å². The van der Waals surface area contributed by atoms with Crippen LogP contribution in [0.15, 0.2) is 66.7 Å². The van der Waals surface area contributed by atoms with E-state index in [2.05, 4.69) is 10.3 Å². The molecule has 2 aromatic carbocycles. The minimum absolute atomic E-state index is 0.0462. The van der Waals surface area contributed by atoms with Gasteiger partial charge < -0.3 is 10.4 Å². The molecule has 1 aromatic heterocycles. The van der Waals surface area contributed by atoms with Crippen LogP contribution in [0.25, 0.3) is 17.0 Å². The van der Waals surface area contributed by atoms with Crippen LogP contribution >= 0.6 is 0 Å². The predicted octanol–water partition coefficient (Wildman–Crippen LogP) is 3.10. The highest BCUT2D eigenvalue weighted by atomic mass is 16.3. The first-order chi connectivity index (χ1) is 12.2. The molecule has 3 aromatic rings. The third kappa shape index (κ3) is 4.75. The molecule has 1 heterocycles. The number of aliphatic hydroxyl groups excluding tert-OH is 1. The molecule has 0 aliphatic carbocycles. The van der Waals surface area contributed by atoms with Crippen LogP contribution in [0.5, 0.6) is 0 Å². The Balaban J connectivity index is 1.51. The lowest BCUT2D eigenvalue weighted by Crippen LogP contribution is -2.23. The summed E-state index contributed by atoms with van der Waals surface area (Å²) in [5.41, 5.74) is 3.68. The summed E-state index contributed by atoms with van der Waals surface area (Å²) in [6.07, 6.45) is 3.98. The van der Waals surface area contributed by atoms with Gasteiger partial charge in [-0.1, -0.05) is 48.5 Å². The number of carbonyl (C=O) groups is 1. The number of rotatable bonds is 6. The highest BCUT2D eigenvalue weighted by Gasteiger charge is 1.99. The summed E-state index contributed by atoms with van der Waals surface area (Å²) in [6.45, 7) is 0.609. The lowest BCUT2D eigenvalue weighted by molar-refractivity contribution is -0.116. The summed E-state index contributed by atoms with van der Waals surface area (Å²) in [4.78, 5) is 16.4. The lowest BCUT2D eigenvalue weighted by Gasteiger charge is -2.04. The van der Waals surface area contributed by atoms with Crippen molar-refractivity contribution >= 4 is 22.9 Å². The molecule has 126 valence electrons. The van der Waals surface area contributed by atoms with Crippen LogP contribution in [0.4, 0.5) is 0 Å². The van der Waals surface area contributed by atoms with Gasteiger partial charge in [-0.25, -0.2) is 4.98 Å². The molecule has 0 bridgehead atoms. The minimum Gasteiger partial charge on any atom is -0.392 e. The Labute approximate surface area is 146 Å². The van der Waals surface area contributed by atoms with E-state index >= 15 is 0 Å². The standard InChI is InChI=1S/C21H20N2O2/c24-15-17-7-5-16(6-8-17)13-14-22-21(25)12-11-19-10-9-18-3-1-2-4-20(18)23-19/h1-12,24H,13-15H2,(H,22,25)/b12-11+. The number of fused-ring (bicyclic) bond motifs is 1. The normalized spacial score (nSPS) is 11.1. The molecule has 2 N–H and O–H groups in total.